The van der Waals surface area contributed by atoms with Gasteiger partial charge in [-0.2, -0.15) is 0 Å². The maximum Gasteiger partial charge on any atom is 0.123 e. The minimum absolute atomic E-state index is 0.189. The predicted molar refractivity (Wildman–Crippen MR) is 63.5 cm³/mol. The lowest BCUT2D eigenvalue weighted by atomic mass is 10.0. The lowest BCUT2D eigenvalue weighted by Crippen LogP contribution is -2.48. The van der Waals surface area contributed by atoms with Crippen molar-refractivity contribution in [2.75, 3.05) is 13.1 Å². The Labute approximate surface area is 95.8 Å². The normalized spacial score (nSPS) is 25.5. The lowest BCUT2D eigenvalue weighted by molar-refractivity contribution is 0.197. The van der Waals surface area contributed by atoms with E-state index >= 15 is 0 Å². The molecule has 0 aromatic heterocycles. The second-order valence-corrected chi connectivity index (χ2v) is 4.26. The van der Waals surface area contributed by atoms with E-state index in [9.17, 15) is 4.39 Å². The Bertz CT molecular complexity index is 361. The first-order valence-electron chi connectivity index (χ1n) is 5.58. The summed E-state index contributed by atoms with van der Waals surface area (Å²) in [6.07, 6.45) is 1.87. The smallest absolute Gasteiger partial charge is 0.123 e. The molecule has 1 aliphatic rings. The number of nitrogens with zero attached hydrogens (tertiary/aromatic N) is 1. The summed E-state index contributed by atoms with van der Waals surface area (Å²) in [5.41, 5.74) is 1.13. The van der Waals surface area contributed by atoms with E-state index in [1.54, 1.807) is 0 Å². The van der Waals surface area contributed by atoms with Crippen LogP contribution in [0.5, 0.6) is 0 Å². The first-order chi connectivity index (χ1) is 7.70. The summed E-state index contributed by atoms with van der Waals surface area (Å²) >= 11 is 0. The largest absolute Gasteiger partial charge is 0.368 e. The minimum atomic E-state index is -0.189. The van der Waals surface area contributed by atoms with Crippen molar-refractivity contribution in [3.8, 4) is 0 Å². The van der Waals surface area contributed by atoms with Gasteiger partial charge in [0.25, 0.3) is 0 Å². The maximum absolute atomic E-state index is 12.8. The summed E-state index contributed by atoms with van der Waals surface area (Å²) in [7, 11) is 0. The van der Waals surface area contributed by atoms with Crippen LogP contribution in [0.25, 0.3) is 0 Å². The summed E-state index contributed by atoms with van der Waals surface area (Å²) < 4.78 is 12.8. The molecule has 2 rings (SSSR count). The zero-order chi connectivity index (χ0) is 11.5. The van der Waals surface area contributed by atoms with Crippen LogP contribution in [0.15, 0.2) is 37.0 Å². The lowest BCUT2D eigenvalue weighted by Gasteiger charge is -2.38. The van der Waals surface area contributed by atoms with E-state index in [0.717, 1.165) is 18.7 Å². The molecular formula is C13H17FN2. The van der Waals surface area contributed by atoms with Crippen LogP contribution in [-0.4, -0.2) is 24.0 Å². The van der Waals surface area contributed by atoms with Gasteiger partial charge in [0.05, 0.1) is 6.04 Å². The quantitative estimate of drug-likeness (QED) is 0.822. The highest BCUT2D eigenvalue weighted by Gasteiger charge is 2.24. The van der Waals surface area contributed by atoms with E-state index in [1.807, 2.05) is 18.3 Å². The highest BCUT2D eigenvalue weighted by atomic mass is 19.1. The summed E-state index contributed by atoms with van der Waals surface area (Å²) in [5, 5.41) is 3.43. The fraction of sp³-hybridized carbons (Fsp3) is 0.385. The number of benzene rings is 1. The summed E-state index contributed by atoms with van der Waals surface area (Å²) in [6.45, 7) is 7.80. The first kappa shape index (κ1) is 11.1. The number of hydrogen-bond donors (Lipinski definition) is 1. The van der Waals surface area contributed by atoms with Crippen LogP contribution in [-0.2, 0) is 0 Å². The number of nitrogens with one attached hydrogen (secondary N) is 1. The maximum atomic E-state index is 12.8. The molecule has 0 spiro atoms. The Balaban J connectivity index is 2.19. The number of rotatable bonds is 2. The third kappa shape index (κ3) is 2.25. The average Bonchev–Trinajstić information content (AvgIpc) is 2.30. The second-order valence-electron chi connectivity index (χ2n) is 4.26. The Morgan fingerprint density at radius 2 is 2.12 bits per heavy atom. The summed E-state index contributed by atoms with van der Waals surface area (Å²) in [5.74, 6) is -0.189. The SMILES string of the molecule is C=CN1C[C@@H](C)NC[C@@H]1c1ccc(F)cc1. The molecule has 1 saturated heterocycles. The highest BCUT2D eigenvalue weighted by Crippen LogP contribution is 2.23. The van der Waals surface area contributed by atoms with E-state index < -0.39 is 0 Å². The van der Waals surface area contributed by atoms with Crippen LogP contribution in [0.1, 0.15) is 18.5 Å². The Morgan fingerprint density at radius 1 is 1.44 bits per heavy atom. The van der Waals surface area contributed by atoms with E-state index in [0.29, 0.717) is 6.04 Å². The Kier molecular flexibility index (Phi) is 3.25. The minimum Gasteiger partial charge on any atom is -0.368 e. The van der Waals surface area contributed by atoms with Gasteiger partial charge in [-0.3, -0.25) is 0 Å². The fourth-order valence-electron chi connectivity index (χ4n) is 2.13. The van der Waals surface area contributed by atoms with Gasteiger partial charge in [0, 0.05) is 19.1 Å². The average molecular weight is 220 g/mol. The molecule has 16 heavy (non-hydrogen) atoms. The van der Waals surface area contributed by atoms with Gasteiger partial charge in [-0.05, 0) is 30.8 Å². The van der Waals surface area contributed by atoms with Gasteiger partial charge in [0.15, 0.2) is 0 Å². The molecule has 0 saturated carbocycles. The van der Waals surface area contributed by atoms with Crippen LogP contribution in [0, 0.1) is 5.82 Å². The molecule has 0 radical (unpaired) electrons. The van der Waals surface area contributed by atoms with Crippen molar-refractivity contribution in [2.24, 2.45) is 0 Å². The molecule has 0 amide bonds. The van der Waals surface area contributed by atoms with Crippen molar-refractivity contribution < 1.29 is 4.39 Å². The van der Waals surface area contributed by atoms with Crippen molar-refractivity contribution in [2.45, 2.75) is 19.0 Å². The molecule has 3 heteroatoms. The zero-order valence-electron chi connectivity index (χ0n) is 9.49. The Hall–Kier alpha value is -1.35. The molecule has 1 aliphatic heterocycles. The Morgan fingerprint density at radius 3 is 2.75 bits per heavy atom. The second kappa shape index (κ2) is 4.66. The molecule has 1 N–H and O–H groups in total. The predicted octanol–water partition coefficient (Wildman–Crippen LogP) is 2.30. The van der Waals surface area contributed by atoms with E-state index in [4.69, 9.17) is 0 Å². The molecule has 0 unspecified atom stereocenters. The van der Waals surface area contributed by atoms with Crippen molar-refractivity contribution in [3.63, 3.8) is 0 Å². The van der Waals surface area contributed by atoms with E-state index in [1.165, 1.54) is 12.1 Å². The monoisotopic (exact) mass is 220 g/mol. The molecule has 2 atom stereocenters. The van der Waals surface area contributed by atoms with Crippen molar-refractivity contribution in [1.29, 1.82) is 0 Å². The highest BCUT2D eigenvalue weighted by molar-refractivity contribution is 5.21. The van der Waals surface area contributed by atoms with Crippen molar-refractivity contribution in [3.05, 3.63) is 48.4 Å². The molecular weight excluding hydrogens is 203 g/mol. The molecule has 2 nitrogen and oxygen atoms in total. The number of piperazine rings is 1. The van der Waals surface area contributed by atoms with Gasteiger partial charge in [-0.1, -0.05) is 18.7 Å². The third-order valence-corrected chi connectivity index (χ3v) is 3.03. The summed E-state index contributed by atoms with van der Waals surface area (Å²) in [4.78, 5) is 2.20. The third-order valence-electron chi connectivity index (χ3n) is 3.03. The molecule has 1 fully saturated rings. The fourth-order valence-corrected chi connectivity index (χ4v) is 2.13. The van der Waals surface area contributed by atoms with Gasteiger partial charge >= 0.3 is 0 Å². The topological polar surface area (TPSA) is 15.3 Å². The van der Waals surface area contributed by atoms with Gasteiger partial charge in [-0.15, -0.1) is 0 Å². The van der Waals surface area contributed by atoms with Gasteiger partial charge in [0.1, 0.15) is 5.82 Å². The van der Waals surface area contributed by atoms with Crippen LogP contribution in [0.2, 0.25) is 0 Å². The molecule has 1 aromatic rings. The van der Waals surface area contributed by atoms with Crippen LogP contribution in [0.3, 0.4) is 0 Å². The van der Waals surface area contributed by atoms with Crippen LogP contribution in [0.4, 0.5) is 4.39 Å². The number of halogens is 1. The summed E-state index contributed by atoms with van der Waals surface area (Å²) in [6, 6.07) is 7.43. The van der Waals surface area contributed by atoms with Crippen LogP contribution >= 0.6 is 0 Å². The molecule has 86 valence electrons. The molecule has 1 aromatic carbocycles. The van der Waals surface area contributed by atoms with Gasteiger partial charge in [0.2, 0.25) is 0 Å². The van der Waals surface area contributed by atoms with Crippen molar-refractivity contribution >= 4 is 0 Å². The molecule has 0 aliphatic carbocycles. The van der Waals surface area contributed by atoms with Gasteiger partial charge < -0.3 is 10.2 Å². The zero-order valence-corrected chi connectivity index (χ0v) is 9.49. The van der Waals surface area contributed by atoms with E-state index in [2.05, 4.69) is 23.7 Å². The number of hydrogen-bond acceptors (Lipinski definition) is 2. The molecule has 1 heterocycles. The standard InChI is InChI=1S/C13H17FN2/c1-3-16-9-10(2)15-8-13(16)11-4-6-12(14)7-5-11/h3-7,10,13,15H,1,8-9H2,2H3/t10-,13-/m1/s1. The first-order valence-corrected chi connectivity index (χ1v) is 5.58. The molecule has 0 bridgehead atoms. The van der Waals surface area contributed by atoms with Crippen LogP contribution < -0.4 is 5.32 Å². The van der Waals surface area contributed by atoms with E-state index in [-0.39, 0.29) is 11.9 Å². The van der Waals surface area contributed by atoms with Gasteiger partial charge in [-0.25, -0.2) is 4.39 Å². The van der Waals surface area contributed by atoms with Crippen molar-refractivity contribution in [1.82, 2.24) is 10.2 Å².